The van der Waals surface area contributed by atoms with Crippen molar-refractivity contribution in [2.75, 3.05) is 19.4 Å². The summed E-state index contributed by atoms with van der Waals surface area (Å²) >= 11 is 5.10. The van der Waals surface area contributed by atoms with Crippen LogP contribution in [-0.2, 0) is 0 Å². The number of aromatic nitrogens is 2. The summed E-state index contributed by atoms with van der Waals surface area (Å²) in [6.45, 7) is 0. The number of thiocarbonyl (C=S) groups is 1. The van der Waals surface area contributed by atoms with Crippen LogP contribution in [0.3, 0.4) is 0 Å². The third-order valence-electron chi connectivity index (χ3n) is 2.22. The maximum atomic E-state index is 11.6. The van der Waals surface area contributed by atoms with Crippen molar-refractivity contribution in [1.82, 2.24) is 20.4 Å². The second-order valence-electron chi connectivity index (χ2n) is 3.92. The Hall–Kier alpha value is -1.99. The van der Waals surface area contributed by atoms with E-state index in [1.165, 1.54) is 6.33 Å². The molecule has 1 aromatic carbocycles. The summed E-state index contributed by atoms with van der Waals surface area (Å²) in [7, 11) is 3.67. The van der Waals surface area contributed by atoms with Gasteiger partial charge in [-0.1, -0.05) is 0 Å². The van der Waals surface area contributed by atoms with Crippen LogP contribution in [0.5, 0.6) is 0 Å². The highest BCUT2D eigenvalue weighted by atomic mass is 32.1. The third-order valence-corrected chi connectivity index (χ3v) is 2.42. The lowest BCUT2D eigenvalue weighted by Crippen LogP contribution is -2.39. The van der Waals surface area contributed by atoms with Crippen molar-refractivity contribution in [3.05, 3.63) is 34.9 Å². The molecule has 0 aliphatic carbocycles. The number of fused-ring (bicyclic) bond motifs is 1. The Bertz CT molecular complexity index is 637. The van der Waals surface area contributed by atoms with E-state index in [2.05, 4.69) is 20.7 Å². The highest BCUT2D eigenvalue weighted by Gasteiger charge is 2.03. The number of anilines is 1. The molecule has 6 nitrogen and oxygen atoms in total. The molecule has 0 aliphatic rings. The van der Waals surface area contributed by atoms with Gasteiger partial charge in [-0.25, -0.2) is 9.99 Å². The fourth-order valence-electron chi connectivity index (χ4n) is 1.51. The van der Waals surface area contributed by atoms with E-state index in [0.717, 1.165) is 5.69 Å². The summed E-state index contributed by atoms with van der Waals surface area (Å²) < 4.78 is 0. The molecule has 0 aliphatic heterocycles. The van der Waals surface area contributed by atoms with Gasteiger partial charge in [-0.3, -0.25) is 10.2 Å². The Labute approximate surface area is 109 Å². The number of rotatable bonds is 2. The summed E-state index contributed by atoms with van der Waals surface area (Å²) in [5.74, 6) is 0. The molecule has 0 unspecified atom stereocenters. The average molecular weight is 263 g/mol. The Morgan fingerprint density at radius 3 is 2.94 bits per heavy atom. The Morgan fingerprint density at radius 2 is 2.22 bits per heavy atom. The molecule has 0 spiro atoms. The maximum Gasteiger partial charge on any atom is 0.258 e. The number of hydrogen-bond donors (Lipinski definition) is 3. The largest absolute Gasteiger partial charge is 0.332 e. The molecular weight excluding hydrogens is 250 g/mol. The van der Waals surface area contributed by atoms with Crippen LogP contribution in [-0.4, -0.2) is 34.2 Å². The topological polar surface area (TPSA) is 73.0 Å². The van der Waals surface area contributed by atoms with Gasteiger partial charge in [0.15, 0.2) is 5.11 Å². The highest BCUT2D eigenvalue weighted by molar-refractivity contribution is 7.80. The molecule has 0 radical (unpaired) electrons. The summed E-state index contributed by atoms with van der Waals surface area (Å²) in [4.78, 5) is 18.2. The monoisotopic (exact) mass is 263 g/mol. The summed E-state index contributed by atoms with van der Waals surface area (Å²) in [5.41, 5.74) is 4.12. The van der Waals surface area contributed by atoms with Crippen LogP contribution in [0.2, 0.25) is 0 Å². The maximum absolute atomic E-state index is 11.6. The van der Waals surface area contributed by atoms with Crippen LogP contribution in [0, 0.1) is 0 Å². The second kappa shape index (κ2) is 5.11. The van der Waals surface area contributed by atoms with E-state index in [1.54, 1.807) is 17.1 Å². The van der Waals surface area contributed by atoms with Crippen LogP contribution >= 0.6 is 12.2 Å². The molecular formula is C11H13N5OS. The van der Waals surface area contributed by atoms with E-state index in [1.807, 2.05) is 20.2 Å². The van der Waals surface area contributed by atoms with Gasteiger partial charge in [0.1, 0.15) is 0 Å². The van der Waals surface area contributed by atoms with Crippen molar-refractivity contribution in [2.24, 2.45) is 0 Å². The molecule has 0 fully saturated rings. The summed E-state index contributed by atoms with van der Waals surface area (Å²) in [6, 6.07) is 5.30. The number of nitrogens with one attached hydrogen (secondary N) is 3. The van der Waals surface area contributed by atoms with Gasteiger partial charge in [0.25, 0.3) is 5.56 Å². The molecule has 1 aromatic heterocycles. The first-order valence-electron chi connectivity index (χ1n) is 5.28. The first kappa shape index (κ1) is 12.5. The molecule has 0 atom stereocenters. The van der Waals surface area contributed by atoms with Crippen molar-refractivity contribution < 1.29 is 0 Å². The molecule has 0 amide bonds. The molecule has 0 saturated heterocycles. The van der Waals surface area contributed by atoms with Crippen molar-refractivity contribution >= 4 is 33.9 Å². The Kier molecular flexibility index (Phi) is 3.54. The van der Waals surface area contributed by atoms with Crippen LogP contribution in [0.15, 0.2) is 29.3 Å². The first-order chi connectivity index (χ1) is 8.56. The van der Waals surface area contributed by atoms with Crippen molar-refractivity contribution in [1.29, 1.82) is 0 Å². The van der Waals surface area contributed by atoms with E-state index < -0.39 is 0 Å². The van der Waals surface area contributed by atoms with Gasteiger partial charge in [0.2, 0.25) is 0 Å². The predicted octanol–water partition coefficient (Wildman–Crippen LogP) is 0.686. The molecule has 7 heteroatoms. The van der Waals surface area contributed by atoms with Crippen LogP contribution < -0.4 is 16.3 Å². The van der Waals surface area contributed by atoms with Crippen LogP contribution in [0.1, 0.15) is 0 Å². The summed E-state index contributed by atoms with van der Waals surface area (Å²) in [6.07, 6.45) is 1.38. The predicted molar refractivity (Wildman–Crippen MR) is 75.4 cm³/mol. The fourth-order valence-corrected chi connectivity index (χ4v) is 1.81. The van der Waals surface area contributed by atoms with Gasteiger partial charge in [-0.15, -0.1) is 0 Å². The minimum atomic E-state index is -0.171. The average Bonchev–Trinajstić information content (AvgIpc) is 2.29. The zero-order chi connectivity index (χ0) is 13.1. The smallest absolute Gasteiger partial charge is 0.258 e. The van der Waals surface area contributed by atoms with Crippen LogP contribution in [0.4, 0.5) is 5.69 Å². The number of aromatic amines is 1. The quantitative estimate of drug-likeness (QED) is 0.547. The minimum absolute atomic E-state index is 0.171. The van der Waals surface area contributed by atoms with Crippen molar-refractivity contribution in [2.45, 2.75) is 0 Å². The van der Waals surface area contributed by atoms with Gasteiger partial charge in [-0.05, 0) is 30.4 Å². The van der Waals surface area contributed by atoms with Gasteiger partial charge in [0, 0.05) is 19.8 Å². The zero-order valence-electron chi connectivity index (χ0n) is 10.0. The standard InChI is InChI=1S/C11H13N5OS/c1-16(2)15-11(18)14-7-3-4-9-8(5-7)10(17)13-6-12-9/h3-6H,1-2H3,(H,12,13,17)(H2,14,15,18). The number of hydrogen-bond acceptors (Lipinski definition) is 4. The molecule has 94 valence electrons. The fraction of sp³-hybridized carbons (Fsp3) is 0.182. The van der Waals surface area contributed by atoms with Gasteiger partial charge in [0.05, 0.1) is 17.2 Å². The minimum Gasteiger partial charge on any atom is -0.332 e. The zero-order valence-corrected chi connectivity index (χ0v) is 10.8. The van der Waals surface area contributed by atoms with Crippen LogP contribution in [0.25, 0.3) is 10.9 Å². The number of hydrazine groups is 1. The Morgan fingerprint density at radius 1 is 1.44 bits per heavy atom. The number of H-pyrrole nitrogens is 1. The molecule has 3 N–H and O–H groups in total. The van der Waals surface area contributed by atoms with E-state index >= 15 is 0 Å². The van der Waals surface area contributed by atoms with E-state index in [0.29, 0.717) is 16.0 Å². The lowest BCUT2D eigenvalue weighted by molar-refractivity contribution is 0.365. The van der Waals surface area contributed by atoms with E-state index in [9.17, 15) is 4.79 Å². The lowest BCUT2D eigenvalue weighted by atomic mass is 10.2. The molecule has 0 bridgehead atoms. The molecule has 1 heterocycles. The first-order valence-corrected chi connectivity index (χ1v) is 5.69. The highest BCUT2D eigenvalue weighted by Crippen LogP contribution is 2.13. The van der Waals surface area contributed by atoms with E-state index in [-0.39, 0.29) is 5.56 Å². The molecule has 0 saturated carbocycles. The van der Waals surface area contributed by atoms with Gasteiger partial charge >= 0.3 is 0 Å². The molecule has 2 rings (SSSR count). The Balaban J connectivity index is 2.28. The molecule has 18 heavy (non-hydrogen) atoms. The normalized spacial score (nSPS) is 10.6. The van der Waals surface area contributed by atoms with Crippen molar-refractivity contribution in [3.8, 4) is 0 Å². The van der Waals surface area contributed by atoms with Gasteiger partial charge in [-0.2, -0.15) is 0 Å². The van der Waals surface area contributed by atoms with Gasteiger partial charge < -0.3 is 10.3 Å². The number of nitrogens with zero attached hydrogens (tertiary/aromatic N) is 2. The summed E-state index contributed by atoms with van der Waals surface area (Å²) in [5, 5.41) is 5.70. The van der Waals surface area contributed by atoms with E-state index in [4.69, 9.17) is 12.2 Å². The third kappa shape index (κ3) is 2.82. The number of benzene rings is 1. The lowest BCUT2D eigenvalue weighted by Gasteiger charge is -2.15. The SMILES string of the molecule is CN(C)NC(=S)Nc1ccc2nc[nH]c(=O)c2c1. The van der Waals surface area contributed by atoms with Crippen molar-refractivity contribution in [3.63, 3.8) is 0 Å². The molecule has 2 aromatic rings. The second-order valence-corrected chi connectivity index (χ2v) is 4.33.